The first-order valence-corrected chi connectivity index (χ1v) is 38.2. The molecule has 0 atom stereocenters. The molecule has 0 saturated heterocycles. The lowest BCUT2D eigenvalue weighted by Gasteiger charge is -2.46. The van der Waals surface area contributed by atoms with Crippen molar-refractivity contribution in [3.05, 3.63) is 362 Å². The zero-order valence-corrected chi connectivity index (χ0v) is 62.8. The van der Waals surface area contributed by atoms with Gasteiger partial charge in [0, 0.05) is 61.5 Å². The van der Waals surface area contributed by atoms with Crippen LogP contribution in [0.15, 0.2) is 346 Å². The van der Waals surface area contributed by atoms with E-state index in [1.54, 1.807) is 0 Å². The van der Waals surface area contributed by atoms with E-state index in [9.17, 15) is 0 Å². The highest BCUT2D eigenvalue weighted by Gasteiger charge is 2.46. The molecule has 0 unspecified atom stereocenters. The van der Waals surface area contributed by atoms with E-state index in [0.29, 0.717) is 0 Å². The summed E-state index contributed by atoms with van der Waals surface area (Å²) in [4.78, 5) is 5.47. The maximum absolute atomic E-state index is 2.74. The molecule has 0 amide bonds. The first kappa shape index (κ1) is 66.2. The number of anilines is 6. The molecule has 16 aromatic carbocycles. The van der Waals surface area contributed by atoms with Gasteiger partial charge in [0.1, 0.15) is 0 Å². The molecule has 0 radical (unpaired) electrons. The van der Waals surface area contributed by atoms with E-state index in [4.69, 9.17) is 0 Å². The quantitative estimate of drug-likeness (QED) is 0.0999. The molecule has 2 aliphatic rings. The summed E-state index contributed by atoms with van der Waals surface area (Å²) in [6.07, 6.45) is 0. The topological polar surface area (TPSA) is 11.4 Å². The summed E-state index contributed by atoms with van der Waals surface area (Å²) in [7, 11) is 0. The second-order valence-electron chi connectivity index (χ2n) is 32.8. The van der Waals surface area contributed by atoms with Gasteiger partial charge in [0.25, 0.3) is 6.71 Å². The number of hydrogen-bond donors (Lipinski definition) is 0. The molecule has 108 heavy (non-hydrogen) atoms. The first-order chi connectivity index (χ1) is 52.5. The lowest BCUT2D eigenvalue weighted by Crippen LogP contribution is -2.61. The predicted molar refractivity (Wildman–Crippen MR) is 464 cm³/mol. The molecule has 0 fully saturated rings. The van der Waals surface area contributed by atoms with Crippen LogP contribution in [0.25, 0.3) is 127 Å². The van der Waals surface area contributed by atoms with Gasteiger partial charge < -0.3 is 14.4 Å². The van der Waals surface area contributed by atoms with Crippen LogP contribution in [-0.2, 0) is 16.2 Å². The number of benzene rings is 16. The Balaban J connectivity index is 1.00. The van der Waals surface area contributed by atoms with E-state index in [1.807, 2.05) is 0 Å². The van der Waals surface area contributed by atoms with Crippen LogP contribution in [0.4, 0.5) is 34.1 Å². The summed E-state index contributed by atoms with van der Waals surface area (Å²) >= 11 is 0. The third-order valence-electron chi connectivity index (χ3n) is 23.0. The van der Waals surface area contributed by atoms with E-state index in [-0.39, 0.29) is 23.0 Å². The van der Waals surface area contributed by atoms with Gasteiger partial charge in [-0.15, -0.1) is 0 Å². The van der Waals surface area contributed by atoms with Crippen LogP contribution in [0.5, 0.6) is 0 Å². The van der Waals surface area contributed by atoms with Crippen molar-refractivity contribution < 1.29 is 0 Å². The van der Waals surface area contributed by atoms with Gasteiger partial charge in [-0.2, -0.15) is 0 Å². The Bertz CT molecular complexity index is 6150. The van der Waals surface area contributed by atoms with Crippen molar-refractivity contribution in [3.63, 3.8) is 0 Å². The number of rotatable bonds is 10. The van der Waals surface area contributed by atoms with E-state index in [2.05, 4.69) is 422 Å². The number of hydrogen-bond acceptors (Lipinski definition) is 2. The number of fused-ring (bicyclic) bond motifs is 9. The zero-order valence-electron chi connectivity index (χ0n) is 62.8. The second-order valence-corrected chi connectivity index (χ2v) is 32.8. The molecule has 3 heterocycles. The van der Waals surface area contributed by atoms with Crippen molar-refractivity contribution in [2.75, 3.05) is 9.80 Å². The smallest absolute Gasteiger partial charge is 0.252 e. The van der Waals surface area contributed by atoms with Crippen molar-refractivity contribution >= 4 is 101 Å². The molecule has 0 saturated carbocycles. The molecule has 4 heteroatoms. The third kappa shape index (κ3) is 11.2. The summed E-state index contributed by atoms with van der Waals surface area (Å²) in [5, 5.41) is 7.39. The molecular weight excluding hydrogens is 1300 g/mol. The van der Waals surface area contributed by atoms with Gasteiger partial charge in [0.05, 0.1) is 22.4 Å². The van der Waals surface area contributed by atoms with E-state index >= 15 is 0 Å². The van der Waals surface area contributed by atoms with Crippen LogP contribution < -0.4 is 26.2 Å². The zero-order chi connectivity index (χ0) is 73.3. The van der Waals surface area contributed by atoms with Gasteiger partial charge in [0.2, 0.25) is 0 Å². The van der Waals surface area contributed by atoms with Crippen molar-refractivity contribution in [2.24, 2.45) is 0 Å². The van der Waals surface area contributed by atoms with Crippen molar-refractivity contribution in [1.29, 1.82) is 0 Å². The van der Waals surface area contributed by atoms with Crippen molar-refractivity contribution in [3.8, 4) is 83.6 Å². The van der Waals surface area contributed by atoms with E-state index < -0.39 is 0 Å². The average Bonchev–Trinajstić information content (AvgIpc) is 0.717. The van der Waals surface area contributed by atoms with Gasteiger partial charge >= 0.3 is 0 Å². The molecule has 518 valence electrons. The Morgan fingerprint density at radius 1 is 0.241 bits per heavy atom. The van der Waals surface area contributed by atoms with Crippen molar-refractivity contribution in [2.45, 2.75) is 78.6 Å². The number of aromatic nitrogens is 1. The molecule has 17 aromatic rings. The molecule has 19 rings (SSSR count). The molecule has 0 aliphatic carbocycles. The Labute approximate surface area is 635 Å². The van der Waals surface area contributed by atoms with Gasteiger partial charge in [-0.25, -0.2) is 0 Å². The molecule has 1 aromatic heterocycles. The van der Waals surface area contributed by atoms with Gasteiger partial charge in [-0.05, 0) is 211 Å². The minimum atomic E-state index is -0.353. The molecule has 0 bridgehead atoms. The minimum Gasteiger partial charge on any atom is -0.310 e. The lowest BCUT2D eigenvalue weighted by molar-refractivity contribution is 0.590. The van der Waals surface area contributed by atoms with Gasteiger partial charge in [0.15, 0.2) is 0 Å². The Hall–Kier alpha value is -12.5. The van der Waals surface area contributed by atoms with Gasteiger partial charge in [-0.3, -0.25) is 0 Å². The average molecular weight is 1390 g/mol. The maximum Gasteiger partial charge on any atom is 0.252 e. The Morgan fingerprint density at radius 3 is 0.981 bits per heavy atom. The number of nitrogens with zero attached hydrogens (tertiary/aromatic N) is 3. The Kier molecular flexibility index (Phi) is 15.7. The summed E-state index contributed by atoms with van der Waals surface area (Å²) in [6, 6.07) is 132. The highest BCUT2D eigenvalue weighted by atomic mass is 15.2. The fourth-order valence-electron chi connectivity index (χ4n) is 17.4. The minimum absolute atomic E-state index is 0.0646. The van der Waals surface area contributed by atoms with E-state index in [1.165, 1.54) is 82.0 Å². The van der Waals surface area contributed by atoms with E-state index in [0.717, 1.165) is 112 Å². The predicted octanol–water partition coefficient (Wildman–Crippen LogP) is 26.7. The molecule has 2 aliphatic heterocycles. The standard InChI is InChI=1S/C104H84BN3/c1-102(2,3)78-49-54-92-88(62-78)89-63-79(103(4,5)6)50-55-93(89)106(92)81-51-53-91-95(66-81)108(101-86(71-40-24-14-25-41-71)59-77(68-34-18-11-19-35-68)60-87(101)72-42-26-15-27-43-72)97-65-80(104(7,8)9)64-96-99(97)105(91)90-52-48-75(98-82-46-30-28-44-73(82)56-74-45-29-31-47-83(74)98)61-94(90)107(96)100-84(69-36-20-12-21-37-69)57-76(67-32-16-10-17-33-67)58-85(100)70-38-22-13-23-39-70/h10-66H,1-9H3. The third-order valence-corrected chi connectivity index (χ3v) is 23.0. The van der Waals surface area contributed by atoms with Gasteiger partial charge in [-0.1, -0.05) is 323 Å². The maximum atomic E-state index is 2.74. The molecule has 3 nitrogen and oxygen atoms in total. The summed E-state index contributed by atoms with van der Waals surface area (Å²) < 4.78 is 2.57. The summed E-state index contributed by atoms with van der Waals surface area (Å²) in [5.74, 6) is 0. The SMILES string of the molecule is CC(C)(C)c1cc2c3c(c1)N(c1c(-c4ccccc4)cc(-c4ccccc4)cc1-c1ccccc1)c1cc(-n4c5ccc(C(C)(C)C)cc5c5cc(C(C)(C)C)ccc54)ccc1B3c1ccc(-c3c4ccccc4cc4ccccc34)cc1N2c1c(-c2ccccc2)cc(-c2ccccc2)cc1-c1ccccc1. The van der Waals surface area contributed by atoms with Crippen LogP contribution in [0, 0.1) is 0 Å². The van der Waals surface area contributed by atoms with Crippen LogP contribution in [0.1, 0.15) is 79.0 Å². The highest BCUT2D eigenvalue weighted by Crippen LogP contribution is 2.56. The molecule has 0 N–H and O–H groups in total. The highest BCUT2D eigenvalue weighted by molar-refractivity contribution is 7.00. The fourth-order valence-corrected chi connectivity index (χ4v) is 17.4. The Morgan fingerprint density at radius 2 is 0.593 bits per heavy atom. The molecular formula is C104H84BN3. The lowest BCUT2D eigenvalue weighted by atomic mass is 9.33. The monoisotopic (exact) mass is 1390 g/mol. The summed E-state index contributed by atoms with van der Waals surface area (Å²) in [6.45, 7) is 21.0. The fraction of sp³-hybridized carbons (Fsp3) is 0.115. The van der Waals surface area contributed by atoms with Crippen LogP contribution >= 0.6 is 0 Å². The first-order valence-electron chi connectivity index (χ1n) is 38.2. The largest absolute Gasteiger partial charge is 0.310 e. The van der Waals surface area contributed by atoms with Crippen molar-refractivity contribution in [1.82, 2.24) is 4.57 Å². The second kappa shape index (κ2) is 25.6. The molecule has 0 spiro atoms. The van der Waals surface area contributed by atoms with Crippen LogP contribution in [0.2, 0.25) is 0 Å². The van der Waals surface area contributed by atoms with Crippen LogP contribution in [0.3, 0.4) is 0 Å². The summed E-state index contributed by atoms with van der Waals surface area (Å²) in [5.41, 5.74) is 33.4. The normalized spacial score (nSPS) is 12.8. The van der Waals surface area contributed by atoms with Crippen LogP contribution in [-0.4, -0.2) is 11.3 Å².